The number of anilines is 1. The number of aromatic nitrogens is 1. The number of carbonyl (C=O) groups excluding carboxylic acids is 1. The Morgan fingerprint density at radius 3 is 3.06 bits per heavy atom. The summed E-state index contributed by atoms with van der Waals surface area (Å²) in [6.07, 6.45) is 2.53. The number of nitrogens with zero attached hydrogens (tertiary/aromatic N) is 2. The molecule has 1 amide bonds. The van der Waals surface area contributed by atoms with Gasteiger partial charge in [-0.15, -0.1) is 0 Å². The third-order valence-electron chi connectivity index (χ3n) is 2.73. The van der Waals surface area contributed by atoms with E-state index in [-0.39, 0.29) is 5.91 Å². The zero-order valence-electron chi connectivity index (χ0n) is 9.86. The second-order valence-electron chi connectivity index (χ2n) is 3.96. The molecule has 3 N–H and O–H groups in total. The Bertz CT molecular complexity index is 435. The van der Waals surface area contributed by atoms with Gasteiger partial charge in [-0.1, -0.05) is 11.6 Å². The zero-order chi connectivity index (χ0) is 13.0. The van der Waals surface area contributed by atoms with Crippen molar-refractivity contribution < 1.29 is 4.79 Å². The molecule has 1 aliphatic heterocycles. The molecule has 1 aromatic heterocycles. The molecule has 0 spiro atoms. The molecule has 0 unspecified atom stereocenters. The topological polar surface area (TPSA) is 71.2 Å². The molecule has 2 rings (SSSR count). The van der Waals surface area contributed by atoms with Crippen molar-refractivity contribution in [1.82, 2.24) is 9.88 Å². The number of pyridine rings is 1. The van der Waals surface area contributed by atoms with Crippen LogP contribution in [0.4, 0.5) is 5.82 Å². The Morgan fingerprint density at radius 2 is 2.33 bits per heavy atom. The minimum absolute atomic E-state index is 0.0181. The number of hydrazine groups is 1. The fourth-order valence-electron chi connectivity index (χ4n) is 1.79. The second-order valence-corrected chi connectivity index (χ2v) is 5.59. The van der Waals surface area contributed by atoms with Crippen molar-refractivity contribution in [2.45, 2.75) is 6.42 Å². The van der Waals surface area contributed by atoms with Gasteiger partial charge in [0.2, 0.25) is 0 Å². The average Bonchev–Trinajstić information content (AvgIpc) is 2.66. The summed E-state index contributed by atoms with van der Waals surface area (Å²) < 4.78 is 0. The molecule has 98 valence electrons. The molecule has 0 saturated carbocycles. The lowest BCUT2D eigenvalue weighted by Crippen LogP contribution is -2.33. The third kappa shape index (κ3) is 3.07. The maximum atomic E-state index is 12.3. The molecule has 5 nitrogen and oxygen atoms in total. The van der Waals surface area contributed by atoms with Crippen LogP contribution in [0.5, 0.6) is 0 Å². The van der Waals surface area contributed by atoms with Crippen LogP contribution in [0.15, 0.2) is 12.3 Å². The number of rotatable bonds is 2. The van der Waals surface area contributed by atoms with Crippen molar-refractivity contribution in [1.29, 1.82) is 0 Å². The molecule has 1 aromatic rings. The van der Waals surface area contributed by atoms with E-state index in [2.05, 4.69) is 10.4 Å². The molecule has 2 heterocycles. The lowest BCUT2D eigenvalue weighted by atomic mass is 10.2. The van der Waals surface area contributed by atoms with E-state index in [1.165, 1.54) is 6.20 Å². The smallest absolute Gasteiger partial charge is 0.255 e. The van der Waals surface area contributed by atoms with Crippen molar-refractivity contribution >= 4 is 35.1 Å². The highest BCUT2D eigenvalue weighted by Crippen LogP contribution is 2.20. The first kappa shape index (κ1) is 13.5. The number of halogens is 1. The van der Waals surface area contributed by atoms with Crippen molar-refractivity contribution in [2.24, 2.45) is 5.84 Å². The molecular weight excluding hydrogens is 272 g/mol. The van der Waals surface area contributed by atoms with Crippen molar-refractivity contribution in [3.8, 4) is 0 Å². The lowest BCUT2D eigenvalue weighted by molar-refractivity contribution is 0.0768. The second kappa shape index (κ2) is 6.26. The molecule has 0 atom stereocenters. The summed E-state index contributed by atoms with van der Waals surface area (Å²) in [7, 11) is 0. The highest BCUT2D eigenvalue weighted by atomic mass is 35.5. The van der Waals surface area contributed by atoms with E-state index in [0.717, 1.165) is 31.0 Å². The number of nitrogens with two attached hydrogens (primary N) is 1. The van der Waals surface area contributed by atoms with Crippen LogP contribution in [-0.2, 0) is 0 Å². The molecule has 1 aliphatic rings. The molecular formula is C11H15ClN4OS. The van der Waals surface area contributed by atoms with Gasteiger partial charge in [0.1, 0.15) is 0 Å². The molecule has 7 heteroatoms. The number of thioether (sulfide) groups is 1. The lowest BCUT2D eigenvalue weighted by Gasteiger charge is -2.20. The van der Waals surface area contributed by atoms with Crippen molar-refractivity contribution in [2.75, 3.05) is 30.0 Å². The quantitative estimate of drug-likeness (QED) is 0.638. The largest absolute Gasteiger partial charge is 0.338 e. The Kier molecular flexibility index (Phi) is 4.68. The first-order chi connectivity index (χ1) is 8.72. The maximum Gasteiger partial charge on any atom is 0.255 e. The first-order valence-corrected chi connectivity index (χ1v) is 7.25. The van der Waals surface area contributed by atoms with Crippen LogP contribution in [0.2, 0.25) is 5.02 Å². The minimum atomic E-state index is -0.0181. The summed E-state index contributed by atoms with van der Waals surface area (Å²) in [6.45, 7) is 1.57. The van der Waals surface area contributed by atoms with Gasteiger partial charge < -0.3 is 10.3 Å². The van der Waals surface area contributed by atoms with Gasteiger partial charge >= 0.3 is 0 Å². The van der Waals surface area contributed by atoms with E-state index in [1.54, 1.807) is 6.07 Å². The van der Waals surface area contributed by atoms with Crippen LogP contribution >= 0.6 is 23.4 Å². The highest BCUT2D eigenvalue weighted by Gasteiger charge is 2.18. The Morgan fingerprint density at radius 1 is 1.50 bits per heavy atom. The van der Waals surface area contributed by atoms with Gasteiger partial charge in [0.15, 0.2) is 5.82 Å². The van der Waals surface area contributed by atoms with Crippen LogP contribution in [0, 0.1) is 0 Å². The summed E-state index contributed by atoms with van der Waals surface area (Å²) in [5.41, 5.74) is 2.89. The Hall–Kier alpha value is -0.980. The van der Waals surface area contributed by atoms with E-state index in [9.17, 15) is 4.79 Å². The number of hydrogen-bond acceptors (Lipinski definition) is 5. The highest BCUT2D eigenvalue weighted by molar-refractivity contribution is 7.99. The monoisotopic (exact) mass is 286 g/mol. The van der Waals surface area contributed by atoms with E-state index in [4.69, 9.17) is 17.4 Å². The number of nitrogens with one attached hydrogen (secondary N) is 1. The molecule has 1 fully saturated rings. The molecule has 0 aromatic carbocycles. The molecule has 18 heavy (non-hydrogen) atoms. The third-order valence-corrected chi connectivity index (χ3v) is 4.07. The van der Waals surface area contributed by atoms with Gasteiger partial charge in [-0.3, -0.25) is 4.79 Å². The van der Waals surface area contributed by atoms with Crippen molar-refractivity contribution in [3.05, 3.63) is 22.8 Å². The predicted octanol–water partition coefficient (Wildman–Crippen LogP) is 1.60. The van der Waals surface area contributed by atoms with Gasteiger partial charge in [0.25, 0.3) is 5.91 Å². The van der Waals surface area contributed by atoms with E-state index < -0.39 is 0 Å². The summed E-state index contributed by atoms with van der Waals surface area (Å²) in [6, 6.07) is 1.60. The van der Waals surface area contributed by atoms with Crippen LogP contribution < -0.4 is 11.3 Å². The van der Waals surface area contributed by atoms with Gasteiger partial charge in [-0.25, -0.2) is 10.8 Å². The number of carbonyl (C=O) groups is 1. The summed E-state index contributed by atoms with van der Waals surface area (Å²) in [5.74, 6) is 7.69. The zero-order valence-corrected chi connectivity index (χ0v) is 11.4. The maximum absolute atomic E-state index is 12.3. The van der Waals surface area contributed by atoms with Gasteiger partial charge in [-0.2, -0.15) is 11.8 Å². The summed E-state index contributed by atoms with van der Waals surface area (Å²) in [4.78, 5) is 18.1. The Labute approximate surface area is 115 Å². The van der Waals surface area contributed by atoms with Gasteiger partial charge in [0.05, 0.1) is 10.6 Å². The van der Waals surface area contributed by atoms with Crippen LogP contribution in [0.1, 0.15) is 16.8 Å². The minimum Gasteiger partial charge on any atom is -0.338 e. The summed E-state index contributed by atoms with van der Waals surface area (Å²) in [5, 5.41) is 0.354. The fraction of sp³-hybridized carbons (Fsp3) is 0.455. The standard InChI is InChI=1S/C11H15ClN4OS/c12-9-6-8(7-14-10(9)15-13)11(17)16-2-1-4-18-5-3-16/h6-7H,1-5,13H2,(H,14,15). The first-order valence-electron chi connectivity index (χ1n) is 5.71. The predicted molar refractivity (Wildman–Crippen MR) is 74.9 cm³/mol. The number of amides is 1. The normalized spacial score (nSPS) is 16.2. The number of nitrogen functional groups attached to an aromatic ring is 1. The molecule has 0 radical (unpaired) electrons. The molecule has 0 bridgehead atoms. The van der Waals surface area contributed by atoms with Gasteiger partial charge in [-0.05, 0) is 18.2 Å². The molecule has 0 aliphatic carbocycles. The Balaban J connectivity index is 2.14. The van der Waals surface area contributed by atoms with Crippen LogP contribution in [0.3, 0.4) is 0 Å². The average molecular weight is 287 g/mol. The molecule has 1 saturated heterocycles. The van der Waals surface area contributed by atoms with E-state index in [0.29, 0.717) is 16.4 Å². The van der Waals surface area contributed by atoms with Crippen LogP contribution in [-0.4, -0.2) is 40.4 Å². The van der Waals surface area contributed by atoms with Gasteiger partial charge in [0, 0.05) is 25.0 Å². The van der Waals surface area contributed by atoms with Crippen LogP contribution in [0.25, 0.3) is 0 Å². The van der Waals surface area contributed by atoms with E-state index >= 15 is 0 Å². The summed E-state index contributed by atoms with van der Waals surface area (Å²) >= 11 is 7.84. The SMILES string of the molecule is NNc1ncc(C(=O)N2CCCSCC2)cc1Cl. The van der Waals surface area contributed by atoms with Crippen molar-refractivity contribution in [3.63, 3.8) is 0 Å². The fourth-order valence-corrected chi connectivity index (χ4v) is 2.90. The van der Waals surface area contributed by atoms with E-state index in [1.807, 2.05) is 16.7 Å². The number of hydrogen-bond donors (Lipinski definition) is 2.